The SMILES string of the molecule is C[C@@H]1CCCN(C(=O)NCCSC(C)(C)C)C1. The number of hydrogen-bond acceptors (Lipinski definition) is 2. The van der Waals surface area contributed by atoms with Crippen LogP contribution in [-0.2, 0) is 0 Å². The molecule has 0 aromatic rings. The molecule has 1 saturated heterocycles. The minimum atomic E-state index is 0.117. The molecule has 1 atom stereocenters. The van der Waals surface area contributed by atoms with Crippen molar-refractivity contribution in [3.05, 3.63) is 0 Å². The Hall–Kier alpha value is -0.380. The number of piperidine rings is 1. The van der Waals surface area contributed by atoms with Gasteiger partial charge in [0.05, 0.1) is 0 Å². The summed E-state index contributed by atoms with van der Waals surface area (Å²) in [6.07, 6.45) is 2.40. The highest BCUT2D eigenvalue weighted by Crippen LogP contribution is 2.22. The van der Waals surface area contributed by atoms with E-state index in [1.54, 1.807) is 0 Å². The van der Waals surface area contributed by atoms with Crippen LogP contribution in [-0.4, -0.2) is 41.1 Å². The quantitative estimate of drug-likeness (QED) is 0.789. The van der Waals surface area contributed by atoms with Crippen molar-refractivity contribution in [2.24, 2.45) is 5.92 Å². The van der Waals surface area contributed by atoms with E-state index < -0.39 is 0 Å². The Morgan fingerprint density at radius 2 is 2.18 bits per heavy atom. The normalized spacial score (nSPS) is 21.4. The molecular weight excluding hydrogens is 232 g/mol. The summed E-state index contributed by atoms with van der Waals surface area (Å²) in [5.74, 6) is 1.64. The molecule has 17 heavy (non-hydrogen) atoms. The summed E-state index contributed by atoms with van der Waals surface area (Å²) in [4.78, 5) is 13.8. The molecule has 0 radical (unpaired) electrons. The third-order valence-corrected chi connectivity index (χ3v) is 4.13. The molecule has 1 rings (SSSR count). The lowest BCUT2D eigenvalue weighted by Gasteiger charge is -2.31. The number of rotatable bonds is 3. The van der Waals surface area contributed by atoms with Crippen molar-refractivity contribution in [2.45, 2.75) is 45.3 Å². The van der Waals surface area contributed by atoms with Gasteiger partial charge in [-0.25, -0.2) is 4.79 Å². The number of urea groups is 1. The summed E-state index contributed by atoms with van der Waals surface area (Å²) < 4.78 is 0.282. The largest absolute Gasteiger partial charge is 0.337 e. The molecule has 0 saturated carbocycles. The lowest BCUT2D eigenvalue weighted by Crippen LogP contribution is -2.45. The van der Waals surface area contributed by atoms with Crippen molar-refractivity contribution in [3.63, 3.8) is 0 Å². The maximum atomic E-state index is 11.9. The molecule has 1 fully saturated rings. The zero-order chi connectivity index (χ0) is 12.9. The number of hydrogen-bond donors (Lipinski definition) is 1. The number of carbonyl (C=O) groups is 1. The Balaban J connectivity index is 2.16. The van der Waals surface area contributed by atoms with E-state index in [9.17, 15) is 4.79 Å². The van der Waals surface area contributed by atoms with Gasteiger partial charge in [0.25, 0.3) is 0 Å². The van der Waals surface area contributed by atoms with E-state index in [1.807, 2.05) is 16.7 Å². The Morgan fingerprint density at radius 3 is 2.76 bits per heavy atom. The molecule has 100 valence electrons. The highest BCUT2D eigenvalue weighted by molar-refractivity contribution is 8.00. The topological polar surface area (TPSA) is 32.3 Å². The highest BCUT2D eigenvalue weighted by atomic mass is 32.2. The van der Waals surface area contributed by atoms with Gasteiger partial charge in [-0.05, 0) is 18.8 Å². The second kappa shape index (κ2) is 6.53. The van der Waals surface area contributed by atoms with Gasteiger partial charge in [0.2, 0.25) is 0 Å². The van der Waals surface area contributed by atoms with Gasteiger partial charge in [0, 0.05) is 30.1 Å². The fourth-order valence-electron chi connectivity index (χ4n) is 2.00. The minimum Gasteiger partial charge on any atom is -0.337 e. The van der Waals surface area contributed by atoms with Crippen LogP contribution in [0.3, 0.4) is 0 Å². The van der Waals surface area contributed by atoms with E-state index in [4.69, 9.17) is 0 Å². The van der Waals surface area contributed by atoms with Crippen LogP contribution in [0.4, 0.5) is 4.79 Å². The average Bonchev–Trinajstić information content (AvgIpc) is 2.23. The standard InChI is InChI=1S/C13H26N2OS/c1-11-6-5-8-15(10-11)12(16)14-7-9-17-13(2,3)4/h11H,5-10H2,1-4H3,(H,14,16)/t11-/m1/s1. The zero-order valence-corrected chi connectivity index (χ0v) is 12.4. The third kappa shape index (κ3) is 6.20. The van der Waals surface area contributed by atoms with Gasteiger partial charge in [-0.2, -0.15) is 11.8 Å². The Labute approximate surface area is 110 Å². The monoisotopic (exact) mass is 258 g/mol. The van der Waals surface area contributed by atoms with Crippen molar-refractivity contribution in [1.29, 1.82) is 0 Å². The van der Waals surface area contributed by atoms with Crippen LogP contribution in [0, 0.1) is 5.92 Å². The van der Waals surface area contributed by atoms with Crippen LogP contribution in [0.5, 0.6) is 0 Å². The van der Waals surface area contributed by atoms with Crippen LogP contribution < -0.4 is 5.32 Å². The summed E-state index contributed by atoms with van der Waals surface area (Å²) in [6.45, 7) is 11.4. The van der Waals surface area contributed by atoms with Crippen LogP contribution in [0.25, 0.3) is 0 Å². The molecule has 0 aliphatic carbocycles. The fraction of sp³-hybridized carbons (Fsp3) is 0.923. The number of nitrogens with zero attached hydrogens (tertiary/aromatic N) is 1. The molecule has 1 aliphatic rings. The Morgan fingerprint density at radius 1 is 1.47 bits per heavy atom. The predicted molar refractivity (Wildman–Crippen MR) is 75.6 cm³/mol. The van der Waals surface area contributed by atoms with Gasteiger partial charge in [0.15, 0.2) is 0 Å². The number of carbonyl (C=O) groups excluding carboxylic acids is 1. The maximum Gasteiger partial charge on any atom is 0.317 e. The lowest BCUT2D eigenvalue weighted by molar-refractivity contribution is 0.170. The van der Waals surface area contributed by atoms with E-state index in [0.29, 0.717) is 5.92 Å². The first kappa shape index (κ1) is 14.7. The third-order valence-electron chi connectivity index (χ3n) is 2.86. The van der Waals surface area contributed by atoms with Crippen molar-refractivity contribution >= 4 is 17.8 Å². The summed E-state index contributed by atoms with van der Waals surface area (Å²) >= 11 is 1.89. The van der Waals surface area contributed by atoms with Gasteiger partial charge >= 0.3 is 6.03 Å². The molecule has 1 N–H and O–H groups in total. The maximum absolute atomic E-state index is 11.9. The van der Waals surface area contributed by atoms with Gasteiger partial charge in [0.1, 0.15) is 0 Å². The van der Waals surface area contributed by atoms with Crippen LogP contribution in [0.2, 0.25) is 0 Å². The van der Waals surface area contributed by atoms with Crippen molar-refractivity contribution in [1.82, 2.24) is 10.2 Å². The van der Waals surface area contributed by atoms with Crippen molar-refractivity contribution < 1.29 is 4.79 Å². The first-order valence-corrected chi connectivity index (χ1v) is 7.54. The van der Waals surface area contributed by atoms with E-state index in [1.165, 1.54) is 6.42 Å². The van der Waals surface area contributed by atoms with E-state index in [0.717, 1.165) is 31.8 Å². The molecule has 2 amide bonds. The Bertz CT molecular complexity index is 250. The molecule has 1 aliphatic heterocycles. The number of likely N-dealkylation sites (tertiary alicyclic amines) is 1. The Kier molecular flexibility index (Phi) is 5.63. The summed E-state index contributed by atoms with van der Waals surface area (Å²) in [7, 11) is 0. The van der Waals surface area contributed by atoms with Gasteiger partial charge in [-0.1, -0.05) is 27.7 Å². The predicted octanol–water partition coefficient (Wildman–Crippen LogP) is 2.96. The number of thioether (sulfide) groups is 1. The van der Waals surface area contributed by atoms with Gasteiger partial charge < -0.3 is 10.2 Å². The molecule has 3 nitrogen and oxygen atoms in total. The van der Waals surface area contributed by atoms with Crippen LogP contribution in [0.15, 0.2) is 0 Å². The molecule has 1 heterocycles. The summed E-state index contributed by atoms with van der Waals surface area (Å²) in [6, 6.07) is 0.117. The fourth-order valence-corrected chi connectivity index (χ4v) is 2.82. The highest BCUT2D eigenvalue weighted by Gasteiger charge is 2.20. The second-order valence-corrected chi connectivity index (χ2v) is 7.81. The molecule has 0 spiro atoms. The lowest BCUT2D eigenvalue weighted by atomic mass is 10.0. The molecule has 0 aromatic carbocycles. The van der Waals surface area contributed by atoms with E-state index >= 15 is 0 Å². The van der Waals surface area contributed by atoms with Crippen LogP contribution >= 0.6 is 11.8 Å². The first-order chi connectivity index (χ1) is 7.88. The van der Waals surface area contributed by atoms with E-state index in [-0.39, 0.29) is 10.8 Å². The first-order valence-electron chi connectivity index (χ1n) is 6.55. The number of nitrogens with one attached hydrogen (secondary N) is 1. The molecule has 0 bridgehead atoms. The van der Waals surface area contributed by atoms with Crippen LogP contribution in [0.1, 0.15) is 40.5 Å². The molecule has 0 unspecified atom stereocenters. The average molecular weight is 258 g/mol. The molecule has 4 heteroatoms. The summed E-state index contributed by atoms with van der Waals surface area (Å²) in [5, 5.41) is 3.01. The summed E-state index contributed by atoms with van der Waals surface area (Å²) in [5.41, 5.74) is 0. The molecule has 0 aromatic heterocycles. The van der Waals surface area contributed by atoms with Crippen molar-refractivity contribution in [3.8, 4) is 0 Å². The minimum absolute atomic E-state index is 0.117. The van der Waals surface area contributed by atoms with E-state index in [2.05, 4.69) is 33.0 Å². The molecular formula is C13H26N2OS. The second-order valence-electron chi connectivity index (χ2n) is 5.89. The van der Waals surface area contributed by atoms with Gasteiger partial charge in [-0.3, -0.25) is 0 Å². The number of amides is 2. The van der Waals surface area contributed by atoms with Gasteiger partial charge in [-0.15, -0.1) is 0 Å². The van der Waals surface area contributed by atoms with Crippen molar-refractivity contribution in [2.75, 3.05) is 25.4 Å². The zero-order valence-electron chi connectivity index (χ0n) is 11.6. The smallest absolute Gasteiger partial charge is 0.317 e.